The van der Waals surface area contributed by atoms with Gasteiger partial charge in [-0.05, 0) is 0 Å². The molecule has 0 bridgehead atoms. The van der Waals surface area contributed by atoms with Gasteiger partial charge >= 0.3 is 280 Å². The van der Waals surface area contributed by atoms with Gasteiger partial charge in [0.05, 0.1) is 0 Å². The van der Waals surface area contributed by atoms with E-state index in [0.717, 1.165) is 0 Å². The number of fused-ring (bicyclic) bond motifs is 6. The van der Waals surface area contributed by atoms with E-state index in [0.29, 0.717) is 7.35 Å². The Hall–Kier alpha value is -2.55. The SMILES string of the molecule is CCCCCC[Si]1(C)C2=Cc3c(-c4c(C)cccc4C)cccc3[CH]2[Hf]([CH3])([CH3])[CH]2C1=Cc1c(-c3c(C)cccc3C)cccc12. The third kappa shape index (κ3) is 4.76. The molecule has 2 unspecified atom stereocenters. The Morgan fingerprint density at radius 3 is 1.42 bits per heavy atom. The van der Waals surface area contributed by atoms with E-state index in [1.54, 1.807) is 22.3 Å². The summed E-state index contributed by atoms with van der Waals surface area (Å²) in [5, 5.41) is 3.78. The molecule has 0 amide bonds. The van der Waals surface area contributed by atoms with E-state index in [4.69, 9.17) is 0 Å². The molecule has 1 aliphatic heterocycles. The van der Waals surface area contributed by atoms with Crippen LogP contribution >= 0.6 is 0 Å². The summed E-state index contributed by atoms with van der Waals surface area (Å²) in [4.78, 5) is 0. The molecule has 3 aliphatic rings. The fourth-order valence-electron chi connectivity index (χ4n) is 9.81. The van der Waals surface area contributed by atoms with Crippen molar-refractivity contribution in [1.29, 1.82) is 0 Å². The first-order valence-electron chi connectivity index (χ1n) is 17.4. The van der Waals surface area contributed by atoms with Gasteiger partial charge in [-0.25, -0.2) is 0 Å². The molecule has 2 atom stereocenters. The standard InChI is InChI=1S/C41H44Si.2CH3.Hf/c1-7-8-9-10-23-42(6,34-24-32-19-13-21-36(38(32)26-34)40-28(2)15-11-16-29(40)3)35-25-33-20-14-22-37(39(33)27-35)41-30(4)17-12-18-31(41)5;;;/h11-22,24-27H,7-10,23H2,1-6H3;2*1H3;. The summed E-state index contributed by atoms with van der Waals surface area (Å²) in [5.41, 5.74) is 17.9. The first-order valence-corrected chi connectivity index (χ1v) is 31.5. The van der Waals surface area contributed by atoms with Gasteiger partial charge in [-0.15, -0.1) is 0 Å². The number of aryl methyl sites for hydroxylation is 4. The van der Waals surface area contributed by atoms with Crippen molar-refractivity contribution in [2.45, 2.75) is 89.6 Å². The van der Waals surface area contributed by atoms with Gasteiger partial charge < -0.3 is 0 Å². The second-order valence-corrected chi connectivity index (χ2v) is 36.7. The van der Waals surface area contributed by atoms with Crippen LogP contribution in [0.15, 0.2) is 83.2 Å². The second kappa shape index (κ2) is 11.6. The molecule has 1 heterocycles. The maximum atomic E-state index is 2.82. The summed E-state index contributed by atoms with van der Waals surface area (Å²) >= 11 is -3.08. The fourth-order valence-corrected chi connectivity index (χ4v) is 42.3. The van der Waals surface area contributed by atoms with Crippen molar-refractivity contribution in [3.05, 3.63) is 128 Å². The van der Waals surface area contributed by atoms with E-state index in [9.17, 15) is 0 Å². The minimum absolute atomic E-state index is 0.677. The van der Waals surface area contributed by atoms with E-state index in [1.165, 1.54) is 76.2 Å². The van der Waals surface area contributed by atoms with Gasteiger partial charge in [0, 0.05) is 0 Å². The number of unbranched alkanes of at least 4 members (excludes halogenated alkanes) is 3. The third-order valence-electron chi connectivity index (χ3n) is 11.9. The summed E-state index contributed by atoms with van der Waals surface area (Å²) in [6.45, 7) is 14.3. The normalized spacial score (nSPS) is 22.3. The molecule has 4 aromatic carbocycles. The maximum absolute atomic E-state index is 3.08. The van der Waals surface area contributed by atoms with E-state index in [1.807, 2.05) is 10.4 Å². The minimum atomic E-state index is -3.08. The Bertz CT molecular complexity index is 1720. The van der Waals surface area contributed by atoms with Crippen molar-refractivity contribution in [1.82, 2.24) is 0 Å². The van der Waals surface area contributed by atoms with Gasteiger partial charge in [-0.3, -0.25) is 0 Å². The Balaban J connectivity index is 1.46. The van der Waals surface area contributed by atoms with Gasteiger partial charge in [-0.2, -0.15) is 0 Å². The first-order chi connectivity index (χ1) is 21.6. The van der Waals surface area contributed by atoms with Crippen molar-refractivity contribution >= 4 is 20.2 Å². The van der Waals surface area contributed by atoms with Crippen LogP contribution in [0.3, 0.4) is 0 Å². The van der Waals surface area contributed by atoms with Crippen LogP contribution in [0, 0.1) is 27.7 Å². The molecular formula is C43H50HfSi. The van der Waals surface area contributed by atoms with Crippen LogP contribution in [0.4, 0.5) is 0 Å². The molecule has 230 valence electrons. The van der Waals surface area contributed by atoms with E-state index in [2.05, 4.69) is 135 Å². The number of allylic oxidation sites excluding steroid dienone is 2. The molecule has 0 nitrogen and oxygen atoms in total. The zero-order chi connectivity index (χ0) is 31.7. The van der Waals surface area contributed by atoms with Crippen molar-refractivity contribution in [2.75, 3.05) is 0 Å². The van der Waals surface area contributed by atoms with E-state index < -0.39 is 28.0 Å². The quantitative estimate of drug-likeness (QED) is 0.130. The van der Waals surface area contributed by atoms with Crippen molar-refractivity contribution in [3.8, 4) is 22.3 Å². The molecule has 4 aromatic rings. The Kier molecular flexibility index (Phi) is 8.01. The molecule has 2 aliphatic carbocycles. The van der Waals surface area contributed by atoms with E-state index >= 15 is 0 Å². The van der Waals surface area contributed by atoms with Crippen LogP contribution in [0.2, 0.25) is 22.0 Å². The molecule has 0 N–H and O–H groups in total. The third-order valence-corrected chi connectivity index (χ3v) is 33.9. The van der Waals surface area contributed by atoms with Gasteiger partial charge in [0.2, 0.25) is 0 Å². The summed E-state index contributed by atoms with van der Waals surface area (Å²) in [6.07, 6.45) is 10.9. The fraction of sp³-hybridized carbons (Fsp3) is 0.349. The average Bonchev–Trinajstić information content (AvgIpc) is 3.61. The Morgan fingerprint density at radius 1 is 0.578 bits per heavy atom. The van der Waals surface area contributed by atoms with Gasteiger partial charge in [-0.1, -0.05) is 0 Å². The monoisotopic (exact) mass is 774 g/mol. The summed E-state index contributed by atoms with van der Waals surface area (Å²) < 4.78 is 6.99. The number of rotatable bonds is 7. The van der Waals surface area contributed by atoms with Crippen molar-refractivity contribution < 1.29 is 20.0 Å². The molecule has 0 spiro atoms. The second-order valence-electron chi connectivity index (χ2n) is 15.2. The molecule has 2 heteroatoms. The van der Waals surface area contributed by atoms with Crippen LogP contribution in [0.1, 0.15) is 84.5 Å². The summed E-state index contributed by atoms with van der Waals surface area (Å²) in [7, 11) is -1.96. The molecule has 45 heavy (non-hydrogen) atoms. The number of hydrogen-bond donors (Lipinski definition) is 0. The Morgan fingerprint density at radius 2 is 1.00 bits per heavy atom. The summed E-state index contributed by atoms with van der Waals surface area (Å²) in [6, 6.07) is 29.7. The molecular weight excluding hydrogens is 723 g/mol. The zero-order valence-electron chi connectivity index (χ0n) is 28.8. The van der Waals surface area contributed by atoms with Gasteiger partial charge in [0.15, 0.2) is 0 Å². The van der Waals surface area contributed by atoms with Crippen LogP contribution in [0.25, 0.3) is 34.4 Å². The van der Waals surface area contributed by atoms with Gasteiger partial charge in [0.1, 0.15) is 0 Å². The average molecular weight is 773 g/mol. The van der Waals surface area contributed by atoms with Crippen LogP contribution < -0.4 is 0 Å². The van der Waals surface area contributed by atoms with Crippen LogP contribution in [-0.2, 0) is 20.0 Å². The van der Waals surface area contributed by atoms with Gasteiger partial charge in [0.25, 0.3) is 0 Å². The molecule has 0 radical (unpaired) electrons. The van der Waals surface area contributed by atoms with Crippen molar-refractivity contribution in [3.63, 3.8) is 0 Å². The first kappa shape index (κ1) is 31.1. The predicted octanol–water partition coefficient (Wildman–Crippen LogP) is 12.8. The Labute approximate surface area is 278 Å². The van der Waals surface area contributed by atoms with Crippen LogP contribution in [-0.4, -0.2) is 8.07 Å². The molecule has 7 rings (SSSR count). The molecule has 0 saturated carbocycles. The topological polar surface area (TPSA) is 0 Å². The zero-order valence-corrected chi connectivity index (χ0v) is 33.4. The number of benzene rings is 4. The van der Waals surface area contributed by atoms with E-state index in [-0.39, 0.29) is 0 Å². The predicted molar refractivity (Wildman–Crippen MR) is 196 cm³/mol. The molecule has 1 fully saturated rings. The van der Waals surface area contributed by atoms with Crippen molar-refractivity contribution in [2.24, 2.45) is 0 Å². The summed E-state index contributed by atoms with van der Waals surface area (Å²) in [5.74, 6) is 0. The molecule has 1 saturated heterocycles. The number of hydrogen-bond acceptors (Lipinski definition) is 0. The molecule has 0 aromatic heterocycles. The van der Waals surface area contributed by atoms with Crippen LogP contribution in [0.5, 0.6) is 0 Å².